The number of halogens is 1. The Hall–Kier alpha value is -1.28. The first-order chi connectivity index (χ1) is 9.05. The molecule has 0 heterocycles. The maximum absolute atomic E-state index is 5.20. The zero-order chi connectivity index (χ0) is 13.9. The number of hydrogen-bond donors (Lipinski definition) is 0. The number of hydrogen-bond acceptors (Lipinski definition) is 1. The molecule has 2 heteroatoms. The van der Waals surface area contributed by atoms with E-state index in [1.165, 1.54) is 11.1 Å². The molecule has 0 aliphatic carbocycles. The van der Waals surface area contributed by atoms with Crippen LogP contribution in [0.25, 0.3) is 0 Å². The number of methoxy groups -OCH3 is 1. The first-order valence-corrected chi connectivity index (χ1v) is 7.31. The second kappa shape index (κ2) is 5.79. The normalized spacial score (nSPS) is 13.1. The molecule has 0 fully saturated rings. The molecule has 0 spiro atoms. The molecule has 0 saturated heterocycles. The van der Waals surface area contributed by atoms with E-state index in [9.17, 15) is 0 Å². The van der Waals surface area contributed by atoms with Crippen LogP contribution >= 0.6 is 15.9 Å². The van der Waals surface area contributed by atoms with Gasteiger partial charge < -0.3 is 4.74 Å². The second-order valence-electron chi connectivity index (χ2n) is 5.22. The lowest BCUT2D eigenvalue weighted by molar-refractivity contribution is 0.414. The van der Waals surface area contributed by atoms with Crippen LogP contribution in [0.5, 0.6) is 5.75 Å². The van der Waals surface area contributed by atoms with Gasteiger partial charge in [0.05, 0.1) is 7.11 Å². The summed E-state index contributed by atoms with van der Waals surface area (Å²) in [5.74, 6) is 0.890. The minimum absolute atomic E-state index is 0.0237. The van der Waals surface area contributed by atoms with Crippen molar-refractivity contribution >= 4 is 15.9 Å². The summed E-state index contributed by atoms with van der Waals surface area (Å²) in [6.45, 7) is 4.51. The van der Waals surface area contributed by atoms with Crippen LogP contribution < -0.4 is 4.74 Å². The highest BCUT2D eigenvalue weighted by Gasteiger charge is 2.30. The number of benzene rings is 2. The van der Waals surface area contributed by atoms with E-state index >= 15 is 0 Å². The molecule has 19 heavy (non-hydrogen) atoms. The van der Waals surface area contributed by atoms with Gasteiger partial charge in [-0.25, -0.2) is 0 Å². The molecule has 0 aliphatic rings. The predicted octanol–water partition coefficient (Wildman–Crippen LogP) is 5.11. The van der Waals surface area contributed by atoms with Crippen molar-refractivity contribution in [3.05, 3.63) is 65.7 Å². The number of ether oxygens (including phenoxy) is 1. The Balaban J connectivity index is 2.29. The van der Waals surface area contributed by atoms with Gasteiger partial charge in [0, 0.05) is 10.2 Å². The van der Waals surface area contributed by atoms with E-state index in [0.717, 1.165) is 5.75 Å². The zero-order valence-corrected chi connectivity index (χ0v) is 13.1. The molecule has 0 amide bonds. The fourth-order valence-corrected chi connectivity index (χ4v) is 2.77. The third-order valence-corrected chi connectivity index (χ3v) is 5.23. The molecule has 100 valence electrons. The van der Waals surface area contributed by atoms with Crippen molar-refractivity contribution in [2.75, 3.05) is 7.11 Å². The average Bonchev–Trinajstić information content (AvgIpc) is 2.47. The Kier molecular flexibility index (Phi) is 4.31. The predicted molar refractivity (Wildman–Crippen MR) is 84.1 cm³/mol. The first kappa shape index (κ1) is 14.1. The molecule has 0 aromatic heterocycles. The molecule has 1 nitrogen and oxygen atoms in total. The van der Waals surface area contributed by atoms with Crippen molar-refractivity contribution < 1.29 is 4.74 Å². The van der Waals surface area contributed by atoms with Gasteiger partial charge >= 0.3 is 0 Å². The van der Waals surface area contributed by atoms with Gasteiger partial charge in [-0.15, -0.1) is 0 Å². The minimum Gasteiger partial charge on any atom is -0.497 e. The molecule has 2 aromatic carbocycles. The van der Waals surface area contributed by atoms with Crippen molar-refractivity contribution in [2.45, 2.75) is 24.1 Å². The highest BCUT2D eigenvalue weighted by molar-refractivity contribution is 9.09. The SMILES string of the molecule is COc1ccc(C(Br)C(C)(C)c2ccccc2)cc1. The van der Waals surface area contributed by atoms with Crippen LogP contribution in [0.15, 0.2) is 54.6 Å². The summed E-state index contributed by atoms with van der Waals surface area (Å²) < 4.78 is 5.20. The lowest BCUT2D eigenvalue weighted by Gasteiger charge is -2.31. The Labute approximate surface area is 123 Å². The van der Waals surface area contributed by atoms with E-state index in [4.69, 9.17) is 4.74 Å². The molecule has 0 N–H and O–H groups in total. The van der Waals surface area contributed by atoms with Crippen molar-refractivity contribution in [1.82, 2.24) is 0 Å². The highest BCUT2D eigenvalue weighted by Crippen LogP contribution is 2.43. The Morgan fingerprint density at radius 2 is 1.53 bits per heavy atom. The number of alkyl halides is 1. The molecule has 0 saturated carbocycles. The molecule has 0 aliphatic heterocycles. The summed E-state index contributed by atoms with van der Waals surface area (Å²) in [6, 6.07) is 18.8. The fourth-order valence-electron chi connectivity index (χ4n) is 2.20. The molecule has 2 aromatic rings. The Morgan fingerprint density at radius 3 is 2.05 bits per heavy atom. The van der Waals surface area contributed by atoms with Crippen molar-refractivity contribution in [3.8, 4) is 5.75 Å². The Morgan fingerprint density at radius 1 is 0.947 bits per heavy atom. The summed E-state index contributed by atoms with van der Waals surface area (Å²) in [6.07, 6.45) is 0. The first-order valence-electron chi connectivity index (χ1n) is 6.39. The van der Waals surface area contributed by atoms with Gasteiger partial charge in [0.1, 0.15) is 5.75 Å². The molecule has 0 radical (unpaired) electrons. The van der Waals surface area contributed by atoms with Crippen molar-refractivity contribution in [2.24, 2.45) is 0 Å². The van der Waals surface area contributed by atoms with Crippen LogP contribution in [0.2, 0.25) is 0 Å². The van der Waals surface area contributed by atoms with Gasteiger partial charge in [-0.3, -0.25) is 0 Å². The van der Waals surface area contributed by atoms with Gasteiger partial charge in [0.25, 0.3) is 0 Å². The average molecular weight is 319 g/mol. The van der Waals surface area contributed by atoms with E-state index in [1.54, 1.807) is 7.11 Å². The lowest BCUT2D eigenvalue weighted by Crippen LogP contribution is -2.23. The van der Waals surface area contributed by atoms with E-state index in [-0.39, 0.29) is 10.2 Å². The number of rotatable bonds is 4. The van der Waals surface area contributed by atoms with Crippen LogP contribution in [0.4, 0.5) is 0 Å². The van der Waals surface area contributed by atoms with Gasteiger partial charge in [-0.1, -0.05) is 72.2 Å². The summed E-state index contributed by atoms with van der Waals surface area (Å²) >= 11 is 3.85. The molecule has 0 bridgehead atoms. The summed E-state index contributed by atoms with van der Waals surface area (Å²) in [5, 5.41) is 0. The van der Waals surface area contributed by atoms with Crippen LogP contribution in [0.3, 0.4) is 0 Å². The molecular formula is C17H19BrO. The molecule has 1 atom stereocenters. The molecular weight excluding hydrogens is 300 g/mol. The largest absolute Gasteiger partial charge is 0.497 e. The van der Waals surface area contributed by atoms with Gasteiger partial charge in [-0.05, 0) is 23.3 Å². The maximum atomic E-state index is 5.20. The highest BCUT2D eigenvalue weighted by atomic mass is 79.9. The summed E-state index contributed by atoms with van der Waals surface area (Å²) in [7, 11) is 1.69. The van der Waals surface area contributed by atoms with Crippen LogP contribution in [0.1, 0.15) is 29.8 Å². The van der Waals surface area contributed by atoms with E-state index in [0.29, 0.717) is 0 Å². The van der Waals surface area contributed by atoms with E-state index in [2.05, 4.69) is 72.2 Å². The van der Waals surface area contributed by atoms with Crippen LogP contribution in [0, 0.1) is 0 Å². The standard InChI is InChI=1S/C17H19BrO/c1-17(2,14-7-5-4-6-8-14)16(18)13-9-11-15(19-3)12-10-13/h4-12,16H,1-3H3. The maximum Gasteiger partial charge on any atom is 0.118 e. The van der Waals surface area contributed by atoms with E-state index in [1.807, 2.05) is 12.1 Å². The van der Waals surface area contributed by atoms with Crippen LogP contribution in [-0.2, 0) is 5.41 Å². The van der Waals surface area contributed by atoms with Crippen LogP contribution in [-0.4, -0.2) is 7.11 Å². The smallest absolute Gasteiger partial charge is 0.118 e. The van der Waals surface area contributed by atoms with Crippen molar-refractivity contribution in [1.29, 1.82) is 0 Å². The zero-order valence-electron chi connectivity index (χ0n) is 11.6. The van der Waals surface area contributed by atoms with Gasteiger partial charge in [0.15, 0.2) is 0 Å². The second-order valence-corrected chi connectivity index (χ2v) is 6.14. The van der Waals surface area contributed by atoms with Crippen molar-refractivity contribution in [3.63, 3.8) is 0 Å². The quantitative estimate of drug-likeness (QED) is 0.712. The summed E-state index contributed by atoms with van der Waals surface area (Å²) in [5.41, 5.74) is 2.61. The third-order valence-electron chi connectivity index (χ3n) is 3.56. The lowest BCUT2D eigenvalue weighted by atomic mass is 9.79. The molecule has 1 unspecified atom stereocenters. The van der Waals surface area contributed by atoms with E-state index < -0.39 is 0 Å². The fraction of sp³-hybridized carbons (Fsp3) is 0.294. The minimum atomic E-state index is 0.0237. The van der Waals surface area contributed by atoms with Gasteiger partial charge in [0.2, 0.25) is 0 Å². The third kappa shape index (κ3) is 3.01. The monoisotopic (exact) mass is 318 g/mol. The summed E-state index contributed by atoms with van der Waals surface area (Å²) in [4.78, 5) is 0.258. The molecule has 2 rings (SSSR count). The van der Waals surface area contributed by atoms with Gasteiger partial charge in [-0.2, -0.15) is 0 Å². The topological polar surface area (TPSA) is 9.23 Å². The Bertz CT molecular complexity index is 517.